The Kier molecular flexibility index (Phi) is 4.81. The first-order chi connectivity index (χ1) is 9.51. The first kappa shape index (κ1) is 15.0. The van der Waals surface area contributed by atoms with Crippen molar-refractivity contribution in [2.24, 2.45) is 5.92 Å². The number of benzene rings is 1. The summed E-state index contributed by atoms with van der Waals surface area (Å²) in [5.41, 5.74) is 4.09. The van der Waals surface area contributed by atoms with Crippen LogP contribution in [0.5, 0.6) is 0 Å². The molecule has 1 aliphatic carbocycles. The largest absolute Gasteiger partial charge is 0.358 e. The number of rotatable bonds is 5. The Bertz CT molecular complexity index is 482. The zero-order valence-electron chi connectivity index (χ0n) is 13.0. The van der Waals surface area contributed by atoms with E-state index in [-0.39, 0.29) is 11.9 Å². The van der Waals surface area contributed by atoms with E-state index in [9.17, 15) is 4.79 Å². The van der Waals surface area contributed by atoms with E-state index in [1.54, 1.807) is 7.05 Å². The lowest BCUT2D eigenvalue weighted by molar-refractivity contribution is -0.123. The monoisotopic (exact) mass is 274 g/mol. The average Bonchev–Trinajstić information content (AvgIpc) is 2.79. The summed E-state index contributed by atoms with van der Waals surface area (Å²) in [6, 6.07) is 6.87. The molecule has 2 atom stereocenters. The summed E-state index contributed by atoms with van der Waals surface area (Å²) >= 11 is 0. The topological polar surface area (TPSA) is 41.1 Å². The Morgan fingerprint density at radius 1 is 1.40 bits per heavy atom. The number of carbonyl (C=O) groups excluding carboxylic acids is 1. The molecule has 0 heterocycles. The van der Waals surface area contributed by atoms with Crippen LogP contribution >= 0.6 is 0 Å². The summed E-state index contributed by atoms with van der Waals surface area (Å²) in [5, 5.41) is 6.35. The fourth-order valence-electron chi connectivity index (χ4n) is 3.03. The van der Waals surface area contributed by atoms with Crippen molar-refractivity contribution in [3.05, 3.63) is 34.9 Å². The second-order valence-corrected chi connectivity index (χ2v) is 6.26. The van der Waals surface area contributed by atoms with Gasteiger partial charge in [-0.3, -0.25) is 10.1 Å². The van der Waals surface area contributed by atoms with Crippen molar-refractivity contribution in [2.45, 2.75) is 52.1 Å². The van der Waals surface area contributed by atoms with E-state index in [1.165, 1.54) is 16.7 Å². The first-order valence-electron chi connectivity index (χ1n) is 7.58. The molecule has 0 aliphatic heterocycles. The van der Waals surface area contributed by atoms with Crippen molar-refractivity contribution in [3.8, 4) is 0 Å². The van der Waals surface area contributed by atoms with Gasteiger partial charge in [0.2, 0.25) is 5.91 Å². The lowest BCUT2D eigenvalue weighted by atomic mass is 10.00. The molecule has 1 aromatic carbocycles. The molecule has 2 N–H and O–H groups in total. The van der Waals surface area contributed by atoms with Gasteiger partial charge in [-0.25, -0.2) is 0 Å². The molecule has 0 bridgehead atoms. The lowest BCUT2D eigenvalue weighted by Gasteiger charge is -2.24. The quantitative estimate of drug-likeness (QED) is 0.867. The normalized spacial score (nSPS) is 18.9. The second-order valence-electron chi connectivity index (χ2n) is 6.26. The molecule has 3 nitrogen and oxygen atoms in total. The van der Waals surface area contributed by atoms with Crippen LogP contribution in [0.1, 0.15) is 49.4 Å². The minimum atomic E-state index is -0.100. The van der Waals surface area contributed by atoms with Crippen molar-refractivity contribution in [1.29, 1.82) is 0 Å². The van der Waals surface area contributed by atoms with Crippen LogP contribution in [0.25, 0.3) is 0 Å². The predicted octanol–water partition coefficient (Wildman–Crippen LogP) is 2.73. The maximum Gasteiger partial charge on any atom is 0.236 e. The zero-order chi connectivity index (χ0) is 14.7. The van der Waals surface area contributed by atoms with Gasteiger partial charge in [-0.05, 0) is 43.2 Å². The maximum absolute atomic E-state index is 12.0. The van der Waals surface area contributed by atoms with E-state index >= 15 is 0 Å². The summed E-state index contributed by atoms with van der Waals surface area (Å²) < 4.78 is 0. The minimum absolute atomic E-state index is 0.0970. The third-order valence-electron chi connectivity index (χ3n) is 4.05. The molecule has 0 spiro atoms. The van der Waals surface area contributed by atoms with Crippen LogP contribution in [0.2, 0.25) is 0 Å². The lowest BCUT2D eigenvalue weighted by Crippen LogP contribution is -2.44. The highest BCUT2D eigenvalue weighted by molar-refractivity contribution is 5.81. The van der Waals surface area contributed by atoms with E-state index in [0.29, 0.717) is 12.0 Å². The van der Waals surface area contributed by atoms with E-state index in [0.717, 1.165) is 19.3 Å². The Hall–Kier alpha value is -1.35. The highest BCUT2D eigenvalue weighted by atomic mass is 16.2. The molecule has 0 fully saturated rings. The molecule has 110 valence electrons. The van der Waals surface area contributed by atoms with Crippen molar-refractivity contribution in [1.82, 2.24) is 10.6 Å². The summed E-state index contributed by atoms with van der Waals surface area (Å²) in [6.45, 7) is 6.44. The molecule has 3 heteroatoms. The van der Waals surface area contributed by atoms with Gasteiger partial charge < -0.3 is 5.32 Å². The van der Waals surface area contributed by atoms with Crippen LogP contribution in [0, 0.1) is 12.8 Å². The van der Waals surface area contributed by atoms with Gasteiger partial charge in [0.05, 0.1) is 6.04 Å². The molecule has 0 saturated carbocycles. The van der Waals surface area contributed by atoms with E-state index < -0.39 is 0 Å². The fourth-order valence-corrected chi connectivity index (χ4v) is 3.03. The molecule has 0 aromatic heterocycles. The smallest absolute Gasteiger partial charge is 0.236 e. The fraction of sp³-hybridized carbons (Fsp3) is 0.588. The number of likely N-dealkylation sites (N-methyl/N-ethyl adjacent to an activating group) is 1. The maximum atomic E-state index is 12.0. The van der Waals surface area contributed by atoms with Crippen LogP contribution in [-0.4, -0.2) is 19.0 Å². The molecule has 1 amide bonds. The molecule has 20 heavy (non-hydrogen) atoms. The van der Waals surface area contributed by atoms with Gasteiger partial charge in [0.25, 0.3) is 0 Å². The molecular formula is C17H26N2O. The van der Waals surface area contributed by atoms with Gasteiger partial charge >= 0.3 is 0 Å². The second kappa shape index (κ2) is 6.40. The highest BCUT2D eigenvalue weighted by Crippen LogP contribution is 2.32. The number of carbonyl (C=O) groups is 1. The van der Waals surface area contributed by atoms with Gasteiger partial charge in [-0.1, -0.05) is 37.6 Å². The molecular weight excluding hydrogens is 248 g/mol. The summed E-state index contributed by atoms with van der Waals surface area (Å²) in [5.74, 6) is 0.600. The van der Waals surface area contributed by atoms with Crippen molar-refractivity contribution in [2.75, 3.05) is 7.05 Å². The Labute approximate surface area is 122 Å². The van der Waals surface area contributed by atoms with E-state index in [1.807, 2.05) is 0 Å². The molecule has 2 rings (SSSR count). The van der Waals surface area contributed by atoms with E-state index in [2.05, 4.69) is 49.6 Å². The number of hydrogen-bond acceptors (Lipinski definition) is 2. The van der Waals surface area contributed by atoms with Gasteiger partial charge in [0.15, 0.2) is 0 Å². The van der Waals surface area contributed by atoms with Gasteiger partial charge in [0.1, 0.15) is 0 Å². The number of hydrogen-bond donors (Lipinski definition) is 2. The van der Waals surface area contributed by atoms with Crippen LogP contribution < -0.4 is 10.6 Å². The predicted molar refractivity (Wildman–Crippen MR) is 82.7 cm³/mol. The molecule has 0 saturated heterocycles. The Morgan fingerprint density at radius 2 is 2.15 bits per heavy atom. The number of amides is 1. The standard InChI is InChI=1S/C17H26N2O/c1-11(2)9-16(17(20)18-4)19-15-8-7-13-6-5-12(3)10-14(13)15/h5-6,10-11,15-16,19H,7-9H2,1-4H3,(H,18,20). The summed E-state index contributed by atoms with van der Waals surface area (Å²) in [7, 11) is 1.71. The zero-order valence-corrected chi connectivity index (χ0v) is 13.0. The SMILES string of the molecule is CNC(=O)C(CC(C)C)NC1CCc2ccc(C)cc21. The Balaban J connectivity index is 2.13. The molecule has 1 aromatic rings. The third kappa shape index (κ3) is 3.40. The van der Waals surface area contributed by atoms with Gasteiger partial charge in [0, 0.05) is 13.1 Å². The van der Waals surface area contributed by atoms with Crippen LogP contribution in [-0.2, 0) is 11.2 Å². The Morgan fingerprint density at radius 3 is 2.80 bits per heavy atom. The van der Waals surface area contributed by atoms with Crippen LogP contribution in [0.15, 0.2) is 18.2 Å². The van der Waals surface area contributed by atoms with Crippen molar-refractivity contribution < 1.29 is 4.79 Å². The molecule has 1 aliphatic rings. The first-order valence-corrected chi connectivity index (χ1v) is 7.58. The third-order valence-corrected chi connectivity index (χ3v) is 4.05. The van der Waals surface area contributed by atoms with Crippen molar-refractivity contribution >= 4 is 5.91 Å². The highest BCUT2D eigenvalue weighted by Gasteiger charge is 2.27. The molecule has 0 radical (unpaired) electrons. The van der Waals surface area contributed by atoms with Crippen molar-refractivity contribution in [3.63, 3.8) is 0 Å². The van der Waals surface area contributed by atoms with E-state index in [4.69, 9.17) is 0 Å². The number of aryl methyl sites for hydroxylation is 2. The van der Waals surface area contributed by atoms with Gasteiger partial charge in [-0.2, -0.15) is 0 Å². The van der Waals surface area contributed by atoms with Gasteiger partial charge in [-0.15, -0.1) is 0 Å². The summed E-state index contributed by atoms with van der Waals surface area (Å²) in [6.07, 6.45) is 3.07. The van der Waals surface area contributed by atoms with Crippen LogP contribution in [0.4, 0.5) is 0 Å². The average molecular weight is 274 g/mol. The number of fused-ring (bicyclic) bond motifs is 1. The van der Waals surface area contributed by atoms with Crippen LogP contribution in [0.3, 0.4) is 0 Å². The molecule has 2 unspecified atom stereocenters. The minimum Gasteiger partial charge on any atom is -0.358 e. The summed E-state index contributed by atoms with van der Waals surface area (Å²) in [4.78, 5) is 12.0. The number of nitrogens with one attached hydrogen (secondary N) is 2.